The standard InChI is InChI=1S/2C14H25FO4.2C10H17FO2/c2*15-6-8-16-9-10-17-11-12-18-13-14-5-3-1-2-4-7-19-14;2*11-6-8-12-9-10-5-3-1-2-4-7-13-10/h2*1-2,14H,3-13H2;2*1-2,10H,3-9H2/b4*2-1+/t2*14-;2*10-/m1010/s1/i2*15-1;2*11-1. The second-order valence-electron chi connectivity index (χ2n) is 14.8. The predicted molar refractivity (Wildman–Crippen MR) is 241 cm³/mol. The van der Waals surface area contributed by atoms with Crippen LogP contribution in [0.5, 0.6) is 0 Å². The van der Waals surface area contributed by atoms with E-state index in [0.717, 1.165) is 103 Å². The molecule has 0 N–H and O–H groups in total. The molecule has 0 amide bonds. The van der Waals surface area contributed by atoms with Crippen LogP contribution in [-0.2, 0) is 56.8 Å². The van der Waals surface area contributed by atoms with E-state index in [0.29, 0.717) is 79.3 Å². The Bertz CT molecular complexity index is 980. The Hall–Kier alpha value is -1.80. The fraction of sp³-hybridized carbons (Fsp3) is 0.833. The van der Waals surface area contributed by atoms with E-state index in [1.54, 1.807) is 0 Å². The first-order valence-corrected chi connectivity index (χ1v) is 23.7. The highest BCUT2D eigenvalue weighted by Crippen LogP contribution is 2.12. The molecule has 376 valence electrons. The van der Waals surface area contributed by atoms with Crippen LogP contribution in [0, 0.1) is 0 Å². The smallest absolute Gasteiger partial charge is 0.113 e. The number of hydrogen-bond acceptors (Lipinski definition) is 12. The molecule has 0 fully saturated rings. The van der Waals surface area contributed by atoms with Crippen LogP contribution < -0.4 is 0 Å². The maximum Gasteiger partial charge on any atom is 0.113 e. The molecule has 0 aromatic heterocycles. The van der Waals surface area contributed by atoms with Gasteiger partial charge in [0.05, 0.1) is 157 Å². The van der Waals surface area contributed by atoms with Crippen molar-refractivity contribution >= 4 is 0 Å². The molecule has 0 aliphatic carbocycles. The van der Waals surface area contributed by atoms with E-state index in [2.05, 4.69) is 48.6 Å². The second kappa shape index (κ2) is 50.6. The Morgan fingerprint density at radius 3 is 0.750 bits per heavy atom. The zero-order valence-electron chi connectivity index (χ0n) is 38.8. The molecule has 4 heterocycles. The largest absolute Gasteiger partial charge is 0.377 e. The summed E-state index contributed by atoms with van der Waals surface area (Å²) in [6, 6.07) is 0. The molecule has 12 nitrogen and oxygen atoms in total. The molecule has 64 heavy (non-hydrogen) atoms. The van der Waals surface area contributed by atoms with Crippen molar-refractivity contribution in [3.8, 4) is 0 Å². The number of ether oxygens (including phenoxy) is 12. The van der Waals surface area contributed by atoms with E-state index in [4.69, 9.17) is 56.8 Å². The van der Waals surface area contributed by atoms with Gasteiger partial charge in [-0.15, -0.1) is 0 Å². The van der Waals surface area contributed by atoms with E-state index < -0.39 is 26.7 Å². The number of halogens is 4. The molecule has 0 aromatic rings. The Balaban J connectivity index is 0.000000433. The number of rotatable bonds is 28. The van der Waals surface area contributed by atoms with Crippen LogP contribution in [0.3, 0.4) is 0 Å². The van der Waals surface area contributed by atoms with Gasteiger partial charge < -0.3 is 56.8 Å². The summed E-state index contributed by atoms with van der Waals surface area (Å²) in [5.74, 6) is 0. The molecule has 0 saturated heterocycles. The molecule has 4 aliphatic heterocycles. The predicted octanol–water partition coefficient (Wildman–Crippen LogP) is 8.46. The highest BCUT2D eigenvalue weighted by Gasteiger charge is 2.12. The summed E-state index contributed by atoms with van der Waals surface area (Å²) in [7, 11) is 0. The number of allylic oxidation sites excluding steroid dienone is 4. The third kappa shape index (κ3) is 42.8. The van der Waals surface area contributed by atoms with Gasteiger partial charge in [-0.1, -0.05) is 48.6 Å². The molecular weight excluding hydrogens is 841 g/mol. The van der Waals surface area contributed by atoms with Crippen LogP contribution in [0.4, 0.5) is 17.6 Å². The molecular formula is C48H84F4O12. The average molecular weight is 925 g/mol. The topological polar surface area (TPSA) is 111 Å². The lowest BCUT2D eigenvalue weighted by molar-refractivity contribution is -0.0384. The Kier molecular flexibility index (Phi) is 47.6. The van der Waals surface area contributed by atoms with Gasteiger partial charge in [-0.2, -0.15) is 0 Å². The lowest BCUT2D eigenvalue weighted by Crippen LogP contribution is -2.22. The summed E-state index contributed by atoms with van der Waals surface area (Å²) in [5, 5.41) is 0. The van der Waals surface area contributed by atoms with Gasteiger partial charge in [0.25, 0.3) is 0 Å². The zero-order chi connectivity index (χ0) is 45.9. The monoisotopic (exact) mass is 925 g/mol. The summed E-state index contributed by atoms with van der Waals surface area (Å²) in [4.78, 5) is 0. The van der Waals surface area contributed by atoms with E-state index in [1.165, 1.54) is 0 Å². The average Bonchev–Trinajstić information content (AvgIpc) is 3.26. The minimum atomic E-state index is -0.445. The lowest BCUT2D eigenvalue weighted by atomic mass is 10.1. The van der Waals surface area contributed by atoms with E-state index in [9.17, 15) is 17.6 Å². The van der Waals surface area contributed by atoms with Gasteiger partial charge in [0.2, 0.25) is 0 Å². The first-order valence-electron chi connectivity index (χ1n) is 23.7. The summed E-state index contributed by atoms with van der Waals surface area (Å²) in [6.07, 6.45) is 30.1. The summed E-state index contributed by atoms with van der Waals surface area (Å²) >= 11 is 0. The van der Waals surface area contributed by atoms with Crippen molar-refractivity contribution in [3.63, 3.8) is 0 Å². The second-order valence-corrected chi connectivity index (χ2v) is 14.8. The highest BCUT2D eigenvalue weighted by molar-refractivity contribution is 4.86. The van der Waals surface area contributed by atoms with Crippen molar-refractivity contribution in [1.29, 1.82) is 0 Å². The number of alkyl halides is 4. The molecule has 0 spiro atoms. The number of hydrogen-bond donors (Lipinski definition) is 0. The molecule has 4 aliphatic rings. The van der Waals surface area contributed by atoms with Crippen LogP contribution in [0.2, 0.25) is 0 Å². The molecule has 0 saturated carbocycles. The summed E-state index contributed by atoms with van der Waals surface area (Å²) in [6.45, 7) is 8.30. The maximum absolute atomic E-state index is 11.7. The lowest BCUT2D eigenvalue weighted by Gasteiger charge is -2.18. The van der Waals surface area contributed by atoms with E-state index in [-0.39, 0.29) is 50.8 Å². The van der Waals surface area contributed by atoms with Gasteiger partial charge in [-0.05, 0) is 77.0 Å². The normalized spacial score (nSPS) is 23.7. The fourth-order valence-electron chi connectivity index (χ4n) is 6.10. The third-order valence-corrected chi connectivity index (χ3v) is 9.43. The Morgan fingerprint density at radius 2 is 0.484 bits per heavy atom. The van der Waals surface area contributed by atoms with Gasteiger partial charge in [-0.3, -0.25) is 0 Å². The fourth-order valence-corrected chi connectivity index (χ4v) is 6.10. The van der Waals surface area contributed by atoms with Crippen molar-refractivity contribution in [2.45, 2.75) is 101 Å². The SMILES string of the molecule is [18F]CCOCCOCCOC[C@@H]1CC/C=C/CCO1.[18F]CCOCCOCCOC[C@H]1CC/C=C/CCO1.[18F]CCOC[C@@H]1CC/C=C/CCO1.[18F]CCOC[C@H]1CC/C=C/CCO1. The summed E-state index contributed by atoms with van der Waals surface area (Å²) < 4.78 is 111. The summed E-state index contributed by atoms with van der Waals surface area (Å²) in [5.41, 5.74) is 0. The van der Waals surface area contributed by atoms with Crippen LogP contribution in [0.1, 0.15) is 77.0 Å². The third-order valence-electron chi connectivity index (χ3n) is 9.43. The van der Waals surface area contributed by atoms with Crippen LogP contribution in [-0.4, -0.2) is 183 Å². The van der Waals surface area contributed by atoms with Crippen molar-refractivity contribution in [2.75, 3.05) is 159 Å². The van der Waals surface area contributed by atoms with Crippen molar-refractivity contribution < 1.29 is 74.4 Å². The first kappa shape index (κ1) is 60.2. The molecule has 4 rings (SSSR count). The Morgan fingerprint density at radius 1 is 0.281 bits per heavy atom. The van der Waals surface area contributed by atoms with Crippen LogP contribution >= 0.6 is 0 Å². The van der Waals surface area contributed by atoms with Gasteiger partial charge in [0.1, 0.15) is 26.7 Å². The van der Waals surface area contributed by atoms with Gasteiger partial charge in [0, 0.05) is 0 Å². The quantitative estimate of drug-likeness (QED) is 0.0427. The first-order chi connectivity index (χ1) is 31.7. The molecule has 0 aromatic carbocycles. The van der Waals surface area contributed by atoms with Gasteiger partial charge in [0.15, 0.2) is 0 Å². The van der Waals surface area contributed by atoms with E-state index >= 15 is 0 Å². The van der Waals surface area contributed by atoms with E-state index in [1.807, 2.05) is 0 Å². The minimum Gasteiger partial charge on any atom is -0.377 e. The van der Waals surface area contributed by atoms with Gasteiger partial charge in [-0.25, -0.2) is 17.6 Å². The van der Waals surface area contributed by atoms with Gasteiger partial charge >= 0.3 is 0 Å². The van der Waals surface area contributed by atoms with Crippen molar-refractivity contribution in [3.05, 3.63) is 48.6 Å². The zero-order valence-corrected chi connectivity index (χ0v) is 38.8. The molecule has 0 radical (unpaired) electrons. The molecule has 4 atom stereocenters. The van der Waals surface area contributed by atoms with Crippen molar-refractivity contribution in [2.24, 2.45) is 0 Å². The van der Waals surface area contributed by atoms with Crippen LogP contribution in [0.25, 0.3) is 0 Å². The molecule has 0 unspecified atom stereocenters. The highest BCUT2D eigenvalue weighted by atomic mass is 18.2. The molecule has 16 heteroatoms. The minimum absolute atomic E-state index is 0.146. The molecule has 0 bridgehead atoms. The van der Waals surface area contributed by atoms with Crippen LogP contribution in [0.15, 0.2) is 48.6 Å². The Labute approximate surface area is 382 Å². The maximum atomic E-state index is 11.7. The van der Waals surface area contributed by atoms with Crippen molar-refractivity contribution in [1.82, 2.24) is 0 Å².